The van der Waals surface area contributed by atoms with E-state index in [2.05, 4.69) is 20.3 Å². The maximum absolute atomic E-state index is 12.5. The van der Waals surface area contributed by atoms with Crippen LogP contribution in [-0.2, 0) is 21.2 Å². The summed E-state index contributed by atoms with van der Waals surface area (Å²) in [5.41, 5.74) is 1.97. The van der Waals surface area contributed by atoms with Gasteiger partial charge in [0.2, 0.25) is 0 Å². The summed E-state index contributed by atoms with van der Waals surface area (Å²) in [6.45, 7) is 1.10. The number of hydrogen-bond acceptors (Lipinski definition) is 6. The van der Waals surface area contributed by atoms with Crippen LogP contribution in [-0.4, -0.2) is 62.7 Å². The highest BCUT2D eigenvalue weighted by Crippen LogP contribution is 2.20. The summed E-state index contributed by atoms with van der Waals surface area (Å²) in [5.74, 6) is -0.328. The number of rotatable bonds is 6. The van der Waals surface area contributed by atoms with Crippen molar-refractivity contribution < 1.29 is 22.8 Å². The summed E-state index contributed by atoms with van der Waals surface area (Å²) in [6, 6.07) is 4.93. The molecule has 0 spiro atoms. The molecule has 1 saturated heterocycles. The second kappa shape index (κ2) is 10.4. The Morgan fingerprint density at radius 2 is 1.82 bits per heavy atom. The van der Waals surface area contributed by atoms with E-state index in [9.17, 15) is 22.8 Å². The van der Waals surface area contributed by atoms with Crippen LogP contribution in [0.15, 0.2) is 45.8 Å². The topological polar surface area (TPSA) is 137 Å². The highest BCUT2D eigenvalue weighted by molar-refractivity contribution is 7.90. The summed E-state index contributed by atoms with van der Waals surface area (Å²) in [4.78, 5) is 42.3. The first-order valence-electron chi connectivity index (χ1n) is 11.6. The largest absolute Gasteiger partial charge is 0.337 e. The van der Waals surface area contributed by atoms with E-state index in [0.717, 1.165) is 42.6 Å². The number of hydrogen-bond donors (Lipinski definition) is 3. The Morgan fingerprint density at radius 3 is 2.53 bits per heavy atom. The van der Waals surface area contributed by atoms with Crippen LogP contribution >= 0.6 is 0 Å². The molecular formula is C23H29N5O5S. The molecule has 2 aliphatic heterocycles. The van der Waals surface area contributed by atoms with Crippen LogP contribution in [0.2, 0.25) is 0 Å². The number of nitrogens with one attached hydrogen (secondary N) is 3. The van der Waals surface area contributed by atoms with Gasteiger partial charge in [0.05, 0.1) is 22.7 Å². The molecule has 0 aromatic heterocycles. The molecule has 0 atom stereocenters. The van der Waals surface area contributed by atoms with Crippen LogP contribution in [0.3, 0.4) is 0 Å². The molecule has 5 amide bonds. The average molecular weight is 488 g/mol. The minimum absolute atomic E-state index is 0.00570. The van der Waals surface area contributed by atoms with Crippen LogP contribution in [0.25, 0.3) is 0 Å². The van der Waals surface area contributed by atoms with Crippen LogP contribution in [0.4, 0.5) is 9.59 Å². The highest BCUT2D eigenvalue weighted by atomic mass is 32.2. The first-order chi connectivity index (χ1) is 16.3. The molecule has 1 aromatic rings. The van der Waals surface area contributed by atoms with Crippen molar-refractivity contribution in [2.45, 2.75) is 55.9 Å². The molecule has 0 unspecified atom stereocenters. The van der Waals surface area contributed by atoms with Gasteiger partial charge in [-0.05, 0) is 43.4 Å². The molecule has 11 heteroatoms. The van der Waals surface area contributed by atoms with Gasteiger partial charge in [0.1, 0.15) is 0 Å². The standard InChI is InChI=1S/C23H29N5O5S/c29-21-19-7-4-13-24-20(19)15-28(21)23(31)25-14-12-16-8-10-18(11-9-16)34(32,33)27-22(30)26-17-5-2-1-3-6-17/h7-11,17H,1-6,12-15H2,(H,25,31)(H2,26,27,30). The van der Waals surface area contributed by atoms with Crippen molar-refractivity contribution in [1.29, 1.82) is 0 Å². The van der Waals surface area contributed by atoms with E-state index in [1.54, 1.807) is 12.1 Å². The Kier molecular flexibility index (Phi) is 7.30. The number of fused-ring (bicyclic) bond motifs is 1. The van der Waals surface area contributed by atoms with Crippen molar-refractivity contribution in [2.75, 3.05) is 19.6 Å². The molecule has 3 N–H and O–H groups in total. The van der Waals surface area contributed by atoms with Gasteiger partial charge in [0.25, 0.3) is 15.9 Å². The minimum Gasteiger partial charge on any atom is -0.337 e. The SMILES string of the molecule is O=C(NC1CCCCC1)NS(=O)(=O)c1ccc(CCNC(=O)N2CC3=NCCC=C3C2=O)cc1. The van der Waals surface area contributed by atoms with E-state index in [1.807, 2.05) is 6.08 Å². The van der Waals surface area contributed by atoms with E-state index < -0.39 is 22.1 Å². The third-order valence-electron chi connectivity index (χ3n) is 6.21. The Morgan fingerprint density at radius 1 is 1.09 bits per heavy atom. The quantitative estimate of drug-likeness (QED) is 0.563. The zero-order valence-corrected chi connectivity index (χ0v) is 19.7. The Bertz CT molecular complexity index is 1120. The second-order valence-corrected chi connectivity index (χ2v) is 10.3. The van der Waals surface area contributed by atoms with Crippen LogP contribution < -0.4 is 15.4 Å². The number of sulfonamides is 1. The lowest BCUT2D eigenvalue weighted by molar-refractivity contribution is -0.122. The predicted molar refractivity (Wildman–Crippen MR) is 126 cm³/mol. The fraction of sp³-hybridized carbons (Fsp3) is 0.478. The molecule has 4 rings (SSSR count). The molecular weight excluding hydrogens is 458 g/mol. The van der Waals surface area contributed by atoms with Gasteiger partial charge >= 0.3 is 12.1 Å². The molecule has 3 aliphatic rings. The Hall–Kier alpha value is -3.21. The van der Waals surface area contributed by atoms with E-state index in [1.165, 1.54) is 12.1 Å². The number of likely N-dealkylation sites (tertiary alicyclic amines) is 1. The molecule has 0 radical (unpaired) electrons. The van der Waals surface area contributed by atoms with E-state index >= 15 is 0 Å². The van der Waals surface area contributed by atoms with E-state index in [0.29, 0.717) is 30.7 Å². The third kappa shape index (κ3) is 5.64. The number of imide groups is 1. The molecule has 1 aromatic carbocycles. The molecule has 10 nitrogen and oxygen atoms in total. The molecule has 2 heterocycles. The maximum Gasteiger partial charge on any atom is 0.328 e. The second-order valence-electron chi connectivity index (χ2n) is 8.67. The van der Waals surface area contributed by atoms with Crippen molar-refractivity contribution in [3.05, 3.63) is 41.5 Å². The van der Waals surface area contributed by atoms with Crippen molar-refractivity contribution >= 4 is 33.7 Å². The number of amides is 5. The summed E-state index contributed by atoms with van der Waals surface area (Å²) < 4.78 is 27.1. The monoisotopic (exact) mass is 487 g/mol. The Labute approximate surface area is 198 Å². The maximum atomic E-state index is 12.5. The van der Waals surface area contributed by atoms with Crippen molar-refractivity contribution in [3.8, 4) is 0 Å². The summed E-state index contributed by atoms with van der Waals surface area (Å²) >= 11 is 0. The van der Waals surface area contributed by atoms with Gasteiger partial charge in [-0.1, -0.05) is 37.5 Å². The fourth-order valence-electron chi connectivity index (χ4n) is 4.38. The lowest BCUT2D eigenvalue weighted by Crippen LogP contribution is -2.45. The van der Waals surface area contributed by atoms with Crippen LogP contribution in [0.1, 0.15) is 44.1 Å². The summed E-state index contributed by atoms with van der Waals surface area (Å²) in [6.07, 6.45) is 7.89. The summed E-state index contributed by atoms with van der Waals surface area (Å²) in [7, 11) is -3.98. The number of aliphatic imine (C=N–C) groups is 1. The van der Waals surface area contributed by atoms with Gasteiger partial charge in [-0.25, -0.2) is 22.7 Å². The average Bonchev–Trinajstić information content (AvgIpc) is 3.16. The lowest BCUT2D eigenvalue weighted by atomic mass is 9.96. The summed E-state index contributed by atoms with van der Waals surface area (Å²) in [5, 5.41) is 5.45. The predicted octanol–water partition coefficient (Wildman–Crippen LogP) is 1.87. The molecule has 2 fully saturated rings. The number of urea groups is 2. The van der Waals surface area contributed by atoms with Crippen molar-refractivity contribution in [3.63, 3.8) is 0 Å². The first-order valence-corrected chi connectivity index (χ1v) is 13.1. The highest BCUT2D eigenvalue weighted by Gasteiger charge is 2.36. The number of benzene rings is 1. The van der Waals surface area contributed by atoms with Gasteiger partial charge in [-0.15, -0.1) is 0 Å². The van der Waals surface area contributed by atoms with E-state index in [4.69, 9.17) is 0 Å². The molecule has 1 saturated carbocycles. The van der Waals surface area contributed by atoms with E-state index in [-0.39, 0.29) is 29.9 Å². The smallest absolute Gasteiger partial charge is 0.328 e. The van der Waals surface area contributed by atoms with Gasteiger partial charge in [0, 0.05) is 19.1 Å². The number of carbonyl (C=O) groups is 3. The van der Waals surface area contributed by atoms with Crippen LogP contribution in [0, 0.1) is 0 Å². The third-order valence-corrected chi connectivity index (χ3v) is 7.56. The number of nitrogens with zero attached hydrogens (tertiary/aromatic N) is 2. The first kappa shape index (κ1) is 23.9. The Balaban J connectivity index is 1.25. The van der Waals surface area contributed by atoms with Crippen molar-refractivity contribution in [2.24, 2.45) is 4.99 Å². The molecule has 34 heavy (non-hydrogen) atoms. The zero-order valence-electron chi connectivity index (χ0n) is 18.9. The minimum atomic E-state index is -3.98. The number of dihydropyridines is 1. The zero-order chi connectivity index (χ0) is 24.1. The lowest BCUT2D eigenvalue weighted by Gasteiger charge is -2.22. The molecule has 1 aliphatic carbocycles. The van der Waals surface area contributed by atoms with Gasteiger partial charge in [0.15, 0.2) is 0 Å². The molecule has 182 valence electrons. The molecule has 0 bridgehead atoms. The number of carbonyl (C=O) groups excluding carboxylic acids is 3. The van der Waals surface area contributed by atoms with Gasteiger partial charge < -0.3 is 10.6 Å². The van der Waals surface area contributed by atoms with Crippen LogP contribution in [0.5, 0.6) is 0 Å². The normalized spacial score (nSPS) is 18.6. The van der Waals surface area contributed by atoms with Crippen molar-refractivity contribution in [1.82, 2.24) is 20.3 Å². The van der Waals surface area contributed by atoms with Gasteiger partial charge in [-0.3, -0.25) is 14.7 Å². The van der Waals surface area contributed by atoms with Gasteiger partial charge in [-0.2, -0.15) is 0 Å². The fourth-order valence-corrected chi connectivity index (χ4v) is 5.29.